The van der Waals surface area contributed by atoms with E-state index in [9.17, 15) is 9.59 Å². The first-order valence-electron chi connectivity index (χ1n) is 13.0. The fourth-order valence-corrected chi connectivity index (χ4v) is 5.01. The van der Waals surface area contributed by atoms with Crippen molar-refractivity contribution < 1.29 is 18.7 Å². The lowest BCUT2D eigenvalue weighted by Crippen LogP contribution is -2.49. The predicted octanol–water partition coefficient (Wildman–Crippen LogP) is 7.17. The number of carbonyl (C=O) groups excluding carboxylic acids is 2. The zero-order chi connectivity index (χ0) is 27.6. The summed E-state index contributed by atoms with van der Waals surface area (Å²) in [6.45, 7) is 9.28. The summed E-state index contributed by atoms with van der Waals surface area (Å²) in [6.07, 6.45) is -0.250. The highest BCUT2D eigenvalue weighted by Crippen LogP contribution is 2.33. The maximum Gasteiger partial charge on any atom is 0.410 e. The number of anilines is 1. The molecule has 0 radical (unpaired) electrons. The Labute approximate surface area is 236 Å². The molecule has 0 bridgehead atoms. The van der Waals surface area contributed by atoms with Crippen LogP contribution in [0.4, 0.5) is 10.5 Å². The minimum atomic E-state index is -0.489. The fraction of sp³-hybridized carbons (Fsp3) is 0.290. The summed E-state index contributed by atoms with van der Waals surface area (Å²) in [7, 11) is 0. The molecule has 39 heavy (non-hydrogen) atoms. The lowest BCUT2D eigenvalue weighted by atomic mass is 10.1. The van der Waals surface area contributed by atoms with E-state index in [1.165, 1.54) is 0 Å². The van der Waals surface area contributed by atoms with Crippen molar-refractivity contribution in [2.75, 3.05) is 31.5 Å². The second kappa shape index (κ2) is 11.2. The van der Waals surface area contributed by atoms with Crippen LogP contribution in [0.2, 0.25) is 0 Å². The van der Waals surface area contributed by atoms with Gasteiger partial charge >= 0.3 is 6.09 Å². The third kappa shape index (κ3) is 6.69. The van der Waals surface area contributed by atoms with Gasteiger partial charge in [0.05, 0.1) is 5.69 Å². The number of fused-ring (bicyclic) bond motifs is 1. The van der Waals surface area contributed by atoms with Crippen LogP contribution < -0.4 is 5.32 Å². The summed E-state index contributed by atoms with van der Waals surface area (Å²) in [5.41, 5.74) is 3.52. The molecule has 0 unspecified atom stereocenters. The van der Waals surface area contributed by atoms with E-state index in [1.54, 1.807) is 17.0 Å². The van der Waals surface area contributed by atoms with Gasteiger partial charge in [0.1, 0.15) is 16.9 Å². The lowest BCUT2D eigenvalue weighted by molar-refractivity contribution is 0.0139. The Morgan fingerprint density at radius 3 is 2.46 bits per heavy atom. The zero-order valence-corrected chi connectivity index (χ0v) is 24.0. The molecule has 202 valence electrons. The van der Waals surface area contributed by atoms with Gasteiger partial charge in [-0.2, -0.15) is 0 Å². The number of benzene rings is 3. The van der Waals surface area contributed by atoms with Crippen molar-refractivity contribution in [3.05, 3.63) is 88.4 Å². The third-order valence-electron chi connectivity index (χ3n) is 6.54. The number of amides is 2. The second-order valence-electron chi connectivity index (χ2n) is 10.7. The van der Waals surface area contributed by atoms with Crippen LogP contribution in [0.15, 0.2) is 81.7 Å². The summed E-state index contributed by atoms with van der Waals surface area (Å²) >= 11 is 3.42. The number of furan rings is 1. The molecule has 0 saturated carbocycles. The van der Waals surface area contributed by atoms with E-state index in [0.717, 1.165) is 46.2 Å². The molecule has 1 aliphatic rings. The molecule has 1 fully saturated rings. The molecule has 8 heteroatoms. The van der Waals surface area contributed by atoms with E-state index in [1.807, 2.05) is 63.2 Å². The number of para-hydroxylation sites is 1. The van der Waals surface area contributed by atoms with Crippen molar-refractivity contribution >= 4 is 44.6 Å². The molecule has 7 nitrogen and oxygen atoms in total. The Morgan fingerprint density at radius 1 is 0.949 bits per heavy atom. The summed E-state index contributed by atoms with van der Waals surface area (Å²) in [5, 5.41) is 4.02. The molecular weight excluding hydrogens is 558 g/mol. The van der Waals surface area contributed by atoms with Gasteiger partial charge in [-0.15, -0.1) is 0 Å². The van der Waals surface area contributed by atoms with Crippen molar-refractivity contribution in [3.8, 4) is 11.3 Å². The summed E-state index contributed by atoms with van der Waals surface area (Å²) in [6, 6.07) is 23.2. The number of halogens is 1. The number of carbonyl (C=O) groups is 2. The van der Waals surface area contributed by atoms with Gasteiger partial charge in [0.25, 0.3) is 5.91 Å². The standard InChI is InChI=1S/C31H32BrN3O4/c1-31(2,3)39-30(37)35-15-13-34(14-16-35)20-21-11-12-22-19-28(38-27(22)17-21)25-9-4-5-10-26(25)33-29(36)23-7-6-8-24(32)18-23/h4-12,17-19H,13-16,20H2,1-3H3,(H,33,36). The molecule has 4 aromatic rings. The number of hydrogen-bond acceptors (Lipinski definition) is 5. The SMILES string of the molecule is CC(C)(C)OC(=O)N1CCN(Cc2ccc3cc(-c4ccccc4NC(=O)c4cccc(Br)c4)oc3c2)CC1. The Balaban J connectivity index is 1.27. The quantitative estimate of drug-likeness (QED) is 0.267. The largest absolute Gasteiger partial charge is 0.456 e. The minimum Gasteiger partial charge on any atom is -0.456 e. The molecule has 3 aromatic carbocycles. The van der Waals surface area contributed by atoms with E-state index in [4.69, 9.17) is 9.15 Å². The van der Waals surface area contributed by atoms with E-state index in [2.05, 4.69) is 44.3 Å². The van der Waals surface area contributed by atoms with Crippen molar-refractivity contribution in [2.45, 2.75) is 32.9 Å². The van der Waals surface area contributed by atoms with E-state index in [0.29, 0.717) is 30.1 Å². The molecule has 1 aromatic heterocycles. The molecular formula is C31H32BrN3O4. The van der Waals surface area contributed by atoms with Gasteiger partial charge < -0.3 is 19.4 Å². The molecule has 2 amide bonds. The van der Waals surface area contributed by atoms with Crippen LogP contribution in [0.25, 0.3) is 22.3 Å². The Kier molecular flexibility index (Phi) is 7.77. The average molecular weight is 591 g/mol. The zero-order valence-electron chi connectivity index (χ0n) is 22.4. The van der Waals surface area contributed by atoms with Crippen LogP contribution in [-0.4, -0.2) is 53.6 Å². The number of nitrogens with one attached hydrogen (secondary N) is 1. The molecule has 0 atom stereocenters. The topological polar surface area (TPSA) is 75.0 Å². The maximum absolute atomic E-state index is 12.9. The van der Waals surface area contributed by atoms with Gasteiger partial charge in [-0.1, -0.05) is 46.3 Å². The monoisotopic (exact) mass is 589 g/mol. The van der Waals surface area contributed by atoms with E-state index >= 15 is 0 Å². The van der Waals surface area contributed by atoms with Crippen molar-refractivity contribution in [2.24, 2.45) is 0 Å². The average Bonchev–Trinajstić information content (AvgIpc) is 3.32. The number of ether oxygens (including phenoxy) is 1. The normalized spacial score (nSPS) is 14.4. The second-order valence-corrected chi connectivity index (χ2v) is 11.7. The highest BCUT2D eigenvalue weighted by molar-refractivity contribution is 9.10. The summed E-state index contributed by atoms with van der Waals surface area (Å²) < 4.78 is 12.6. The smallest absolute Gasteiger partial charge is 0.410 e. The van der Waals surface area contributed by atoms with Crippen LogP contribution in [-0.2, 0) is 11.3 Å². The Bertz CT molecular complexity index is 1500. The van der Waals surface area contributed by atoms with Crippen molar-refractivity contribution in [1.29, 1.82) is 0 Å². The van der Waals surface area contributed by atoms with Gasteiger partial charge in [0.2, 0.25) is 0 Å². The maximum atomic E-state index is 12.9. The molecule has 0 spiro atoms. The van der Waals surface area contributed by atoms with E-state index in [-0.39, 0.29) is 12.0 Å². The van der Waals surface area contributed by atoms with Gasteiger partial charge in [-0.3, -0.25) is 9.69 Å². The van der Waals surface area contributed by atoms with Crippen LogP contribution in [0.5, 0.6) is 0 Å². The molecule has 0 aliphatic carbocycles. The van der Waals surface area contributed by atoms with Crippen molar-refractivity contribution in [3.63, 3.8) is 0 Å². The molecule has 1 saturated heterocycles. The Hall–Kier alpha value is -3.62. The van der Waals surface area contributed by atoms with Gasteiger partial charge in [0, 0.05) is 53.7 Å². The summed E-state index contributed by atoms with van der Waals surface area (Å²) in [4.78, 5) is 29.3. The first kappa shape index (κ1) is 27.0. The van der Waals surface area contributed by atoms with Gasteiger partial charge in [-0.25, -0.2) is 4.79 Å². The van der Waals surface area contributed by atoms with Crippen LogP contribution >= 0.6 is 15.9 Å². The van der Waals surface area contributed by atoms with Gasteiger partial charge in [0.15, 0.2) is 0 Å². The first-order chi connectivity index (χ1) is 18.6. The Morgan fingerprint density at radius 2 is 1.72 bits per heavy atom. The lowest BCUT2D eigenvalue weighted by Gasteiger charge is -2.35. The molecule has 2 heterocycles. The third-order valence-corrected chi connectivity index (χ3v) is 7.04. The first-order valence-corrected chi connectivity index (χ1v) is 13.8. The molecule has 5 rings (SSSR count). The van der Waals surface area contributed by atoms with Crippen LogP contribution in [0.3, 0.4) is 0 Å². The predicted molar refractivity (Wildman–Crippen MR) is 157 cm³/mol. The highest BCUT2D eigenvalue weighted by Gasteiger charge is 2.26. The molecule has 1 N–H and O–H groups in total. The highest BCUT2D eigenvalue weighted by atomic mass is 79.9. The number of hydrogen-bond donors (Lipinski definition) is 1. The van der Waals surface area contributed by atoms with Crippen LogP contribution in [0.1, 0.15) is 36.7 Å². The summed E-state index contributed by atoms with van der Waals surface area (Å²) in [5.74, 6) is 0.507. The number of nitrogens with zero attached hydrogens (tertiary/aromatic N) is 2. The van der Waals surface area contributed by atoms with Crippen LogP contribution in [0, 0.1) is 0 Å². The van der Waals surface area contributed by atoms with Crippen molar-refractivity contribution in [1.82, 2.24) is 9.80 Å². The number of rotatable bonds is 5. The molecule has 1 aliphatic heterocycles. The van der Waals surface area contributed by atoms with E-state index < -0.39 is 5.60 Å². The fourth-order valence-electron chi connectivity index (χ4n) is 4.61. The van der Waals surface area contributed by atoms with Gasteiger partial charge in [-0.05, 0) is 68.8 Å². The number of piperazine rings is 1. The minimum absolute atomic E-state index is 0.186.